The molecular weight excluding hydrogens is 294 g/mol. The Balaban J connectivity index is 2.73. The topological polar surface area (TPSA) is 43.4 Å². The van der Waals surface area contributed by atoms with Gasteiger partial charge in [0, 0.05) is 6.54 Å². The number of halogens is 5. The number of carboxylic acid groups (broad SMARTS) is 1. The van der Waals surface area contributed by atoms with Gasteiger partial charge in [-0.3, -0.25) is 4.90 Å². The quantitative estimate of drug-likeness (QED) is 0.806. The molecule has 1 rings (SSSR count). The molecule has 100 valence electrons. The lowest BCUT2D eigenvalue weighted by molar-refractivity contribution is -0.311. The molecule has 0 N–H and O–H groups in total. The summed E-state index contributed by atoms with van der Waals surface area (Å²) in [6.45, 7) is -0.760. The largest absolute Gasteiger partial charge is 0.530 e. The first-order valence-electron chi connectivity index (χ1n) is 4.71. The normalized spacial score (nSPS) is 11.4. The van der Waals surface area contributed by atoms with E-state index in [-0.39, 0.29) is 16.5 Å². The van der Waals surface area contributed by atoms with E-state index in [1.54, 1.807) is 0 Å². The van der Waals surface area contributed by atoms with E-state index in [1.165, 1.54) is 18.2 Å². The van der Waals surface area contributed by atoms with Crippen molar-refractivity contribution in [1.29, 1.82) is 0 Å². The molecular formula is C10H7Cl2F3NO2-. The summed E-state index contributed by atoms with van der Waals surface area (Å²) in [6.07, 6.45) is -7.41. The van der Waals surface area contributed by atoms with E-state index in [4.69, 9.17) is 23.2 Å². The second-order valence-corrected chi connectivity index (χ2v) is 4.20. The Morgan fingerprint density at radius 1 is 1.28 bits per heavy atom. The van der Waals surface area contributed by atoms with Crippen LogP contribution < -0.4 is 5.11 Å². The van der Waals surface area contributed by atoms with E-state index >= 15 is 0 Å². The predicted molar refractivity (Wildman–Crippen MR) is 58.3 cm³/mol. The first kappa shape index (κ1) is 14.9. The van der Waals surface area contributed by atoms with Gasteiger partial charge >= 0.3 is 6.30 Å². The van der Waals surface area contributed by atoms with Gasteiger partial charge in [-0.25, -0.2) is 0 Å². The van der Waals surface area contributed by atoms with Gasteiger partial charge in [-0.05, 0) is 24.1 Å². The van der Waals surface area contributed by atoms with Gasteiger partial charge in [-0.15, -0.1) is 0 Å². The van der Waals surface area contributed by atoms with Crippen LogP contribution in [0.4, 0.5) is 18.0 Å². The minimum atomic E-state index is -4.98. The molecule has 0 aliphatic carbocycles. The first-order chi connectivity index (χ1) is 8.21. The molecule has 0 unspecified atom stereocenters. The Kier molecular flexibility index (Phi) is 4.70. The summed E-state index contributed by atoms with van der Waals surface area (Å²) in [6, 6.07) is 4.28. The van der Waals surface area contributed by atoms with Crippen molar-refractivity contribution < 1.29 is 23.1 Å². The van der Waals surface area contributed by atoms with Gasteiger partial charge < -0.3 is 9.90 Å². The summed E-state index contributed by atoms with van der Waals surface area (Å²) in [5, 5.41) is 10.8. The number of hydrogen-bond acceptors (Lipinski definition) is 2. The maximum absolute atomic E-state index is 12.3. The van der Waals surface area contributed by atoms with Crippen molar-refractivity contribution >= 4 is 29.3 Å². The zero-order valence-corrected chi connectivity index (χ0v) is 10.3. The standard InChI is InChI=1S/C10H8Cl2F3NO2/c11-7-2-1-6(5-8(7)12)3-4-16(9(17)18)10(13,14)15/h1-2,5H,3-4H2,(H,17,18)/p-1. The second kappa shape index (κ2) is 5.67. The zero-order chi connectivity index (χ0) is 13.9. The molecule has 1 amide bonds. The van der Waals surface area contributed by atoms with Crippen LogP contribution in [-0.2, 0) is 6.42 Å². The van der Waals surface area contributed by atoms with E-state index in [1.807, 2.05) is 0 Å². The summed E-state index contributed by atoms with van der Waals surface area (Å²) < 4.78 is 36.8. The molecule has 0 heterocycles. The highest BCUT2D eigenvalue weighted by molar-refractivity contribution is 6.42. The van der Waals surface area contributed by atoms with Crippen molar-refractivity contribution in [2.45, 2.75) is 12.7 Å². The summed E-state index contributed by atoms with van der Waals surface area (Å²) in [4.78, 5) is 9.64. The van der Waals surface area contributed by atoms with Crippen LogP contribution in [0.25, 0.3) is 0 Å². The number of amides is 1. The van der Waals surface area contributed by atoms with Crippen LogP contribution in [0.1, 0.15) is 5.56 Å². The third-order valence-corrected chi connectivity index (χ3v) is 2.87. The summed E-state index contributed by atoms with van der Waals surface area (Å²) in [7, 11) is 0. The minimum absolute atomic E-state index is 0.148. The molecule has 0 saturated carbocycles. The monoisotopic (exact) mass is 300 g/mol. The molecule has 0 aliphatic heterocycles. The zero-order valence-electron chi connectivity index (χ0n) is 8.80. The molecule has 1 aromatic carbocycles. The van der Waals surface area contributed by atoms with Crippen LogP contribution in [0, 0.1) is 0 Å². The molecule has 0 bridgehead atoms. The smallest absolute Gasteiger partial charge is 0.485 e. The average Bonchev–Trinajstić information content (AvgIpc) is 2.21. The maximum Gasteiger partial charge on any atom is 0.485 e. The number of benzene rings is 1. The lowest BCUT2D eigenvalue weighted by Crippen LogP contribution is -2.50. The number of rotatable bonds is 3. The molecule has 0 radical (unpaired) electrons. The van der Waals surface area contributed by atoms with Gasteiger partial charge in [0.25, 0.3) is 0 Å². The van der Waals surface area contributed by atoms with E-state index in [0.29, 0.717) is 5.56 Å². The molecule has 1 aromatic rings. The van der Waals surface area contributed by atoms with Crippen LogP contribution in [0.3, 0.4) is 0 Å². The van der Waals surface area contributed by atoms with Crippen molar-refractivity contribution in [3.63, 3.8) is 0 Å². The fourth-order valence-electron chi connectivity index (χ4n) is 1.26. The van der Waals surface area contributed by atoms with Crippen LogP contribution >= 0.6 is 23.2 Å². The summed E-state index contributed by atoms with van der Waals surface area (Å²) in [5.74, 6) is 0. The second-order valence-electron chi connectivity index (χ2n) is 3.38. The van der Waals surface area contributed by atoms with E-state index in [0.717, 1.165) is 0 Å². The summed E-state index contributed by atoms with van der Waals surface area (Å²) >= 11 is 11.3. The first-order valence-corrected chi connectivity index (χ1v) is 5.46. The van der Waals surface area contributed by atoms with E-state index < -0.39 is 23.8 Å². The Morgan fingerprint density at radius 3 is 2.33 bits per heavy atom. The predicted octanol–water partition coefficient (Wildman–Crippen LogP) is 2.70. The van der Waals surface area contributed by atoms with Gasteiger partial charge in [0.05, 0.1) is 10.0 Å². The van der Waals surface area contributed by atoms with Gasteiger partial charge in [0.1, 0.15) is 6.09 Å². The summed E-state index contributed by atoms with van der Waals surface area (Å²) in [5.41, 5.74) is 0.444. The molecule has 3 nitrogen and oxygen atoms in total. The van der Waals surface area contributed by atoms with E-state index in [9.17, 15) is 23.1 Å². The van der Waals surface area contributed by atoms with Gasteiger partial charge in [-0.1, -0.05) is 29.3 Å². The van der Waals surface area contributed by atoms with E-state index in [2.05, 4.69) is 0 Å². The van der Waals surface area contributed by atoms with Crippen LogP contribution in [-0.4, -0.2) is 23.8 Å². The lowest BCUT2D eigenvalue weighted by Gasteiger charge is -2.27. The fourth-order valence-corrected chi connectivity index (χ4v) is 1.58. The van der Waals surface area contributed by atoms with Crippen molar-refractivity contribution in [2.24, 2.45) is 0 Å². The third-order valence-electron chi connectivity index (χ3n) is 2.13. The van der Waals surface area contributed by atoms with Gasteiger partial charge in [0.2, 0.25) is 0 Å². The molecule has 0 aromatic heterocycles. The van der Waals surface area contributed by atoms with Crippen molar-refractivity contribution in [1.82, 2.24) is 4.90 Å². The molecule has 18 heavy (non-hydrogen) atoms. The lowest BCUT2D eigenvalue weighted by atomic mass is 10.1. The number of carbonyl (C=O) groups excluding carboxylic acids is 1. The Hall–Kier alpha value is -1.14. The third kappa shape index (κ3) is 3.96. The van der Waals surface area contributed by atoms with Crippen molar-refractivity contribution in [2.75, 3.05) is 6.54 Å². The SMILES string of the molecule is O=C([O-])N(CCc1ccc(Cl)c(Cl)c1)C(F)(F)F. The highest BCUT2D eigenvalue weighted by Gasteiger charge is 2.36. The van der Waals surface area contributed by atoms with Crippen LogP contribution in [0.2, 0.25) is 10.0 Å². The Labute approximate surface area is 111 Å². The number of alkyl halides is 3. The molecule has 8 heteroatoms. The average molecular weight is 301 g/mol. The fraction of sp³-hybridized carbons (Fsp3) is 0.300. The molecule has 0 fully saturated rings. The maximum atomic E-state index is 12.3. The number of nitrogens with zero attached hydrogens (tertiary/aromatic N) is 1. The van der Waals surface area contributed by atoms with Gasteiger partial charge in [0.15, 0.2) is 0 Å². The van der Waals surface area contributed by atoms with Crippen molar-refractivity contribution in [3.05, 3.63) is 33.8 Å². The Morgan fingerprint density at radius 2 is 1.89 bits per heavy atom. The van der Waals surface area contributed by atoms with Gasteiger partial charge in [-0.2, -0.15) is 13.2 Å². The number of hydrogen-bond donors (Lipinski definition) is 0. The molecule has 0 atom stereocenters. The minimum Gasteiger partial charge on any atom is -0.530 e. The van der Waals surface area contributed by atoms with Crippen LogP contribution in [0.15, 0.2) is 18.2 Å². The number of carbonyl (C=O) groups is 1. The molecule has 0 spiro atoms. The van der Waals surface area contributed by atoms with Crippen LogP contribution in [0.5, 0.6) is 0 Å². The highest BCUT2D eigenvalue weighted by atomic mass is 35.5. The Bertz CT molecular complexity index is 451. The molecule has 0 aliphatic rings. The highest BCUT2D eigenvalue weighted by Crippen LogP contribution is 2.24. The molecule has 0 saturated heterocycles. The van der Waals surface area contributed by atoms with Crippen molar-refractivity contribution in [3.8, 4) is 0 Å².